The van der Waals surface area contributed by atoms with Gasteiger partial charge in [-0.25, -0.2) is 0 Å². The van der Waals surface area contributed by atoms with Crippen molar-refractivity contribution < 1.29 is 9.59 Å². The fourth-order valence-corrected chi connectivity index (χ4v) is 3.89. The molecule has 6 nitrogen and oxygen atoms in total. The van der Waals surface area contributed by atoms with E-state index in [9.17, 15) is 9.59 Å². The maximum atomic E-state index is 12.7. The second-order valence-electron chi connectivity index (χ2n) is 6.86. The lowest BCUT2D eigenvalue weighted by Crippen LogP contribution is -2.43. The Bertz CT molecular complexity index is 589. The zero-order valence-electron chi connectivity index (χ0n) is 14.0. The summed E-state index contributed by atoms with van der Waals surface area (Å²) in [6, 6.07) is 0. The van der Waals surface area contributed by atoms with E-state index in [4.69, 9.17) is 0 Å². The fraction of sp³-hybridized carbons (Fsp3) is 0.706. The monoisotopic (exact) mass is 318 g/mol. The van der Waals surface area contributed by atoms with Crippen LogP contribution in [0.4, 0.5) is 0 Å². The average Bonchev–Trinajstić information content (AvgIpc) is 2.94. The largest absolute Gasteiger partial charge is 0.359 e. The van der Waals surface area contributed by atoms with Crippen LogP contribution in [-0.4, -0.2) is 40.1 Å². The third-order valence-corrected chi connectivity index (χ3v) is 5.14. The number of amides is 2. The predicted molar refractivity (Wildman–Crippen MR) is 86.6 cm³/mol. The highest BCUT2D eigenvalue weighted by molar-refractivity contribution is 5.85. The molecule has 2 aliphatic rings. The van der Waals surface area contributed by atoms with Crippen LogP contribution in [0.3, 0.4) is 0 Å². The van der Waals surface area contributed by atoms with Crippen molar-refractivity contribution >= 4 is 11.8 Å². The number of aromatic nitrogens is 2. The second-order valence-corrected chi connectivity index (χ2v) is 6.86. The molecule has 1 atom stereocenters. The van der Waals surface area contributed by atoms with Gasteiger partial charge in [-0.2, -0.15) is 5.10 Å². The lowest BCUT2D eigenvalue weighted by molar-refractivity contribution is -0.134. The fourth-order valence-electron chi connectivity index (χ4n) is 3.89. The molecule has 2 heterocycles. The van der Waals surface area contributed by atoms with Crippen molar-refractivity contribution in [1.82, 2.24) is 20.0 Å². The summed E-state index contributed by atoms with van der Waals surface area (Å²) in [7, 11) is 3.49. The van der Waals surface area contributed by atoms with E-state index in [1.807, 2.05) is 18.1 Å². The molecule has 0 bridgehead atoms. The standard InChI is InChI=1S/C17H26N4O2/c1-18-17(23)14-11-21(10-13-9-20(2)19-16(13)14)15(22)8-12-6-4-3-5-7-12/h9,12,14H,3-8,10-11H2,1-2H3,(H,18,23). The first kappa shape index (κ1) is 16.0. The molecule has 1 fully saturated rings. The minimum absolute atomic E-state index is 0.0693. The number of carbonyl (C=O) groups is 2. The van der Waals surface area contributed by atoms with E-state index < -0.39 is 0 Å². The van der Waals surface area contributed by atoms with Crippen LogP contribution < -0.4 is 5.32 Å². The van der Waals surface area contributed by atoms with E-state index in [2.05, 4.69) is 10.4 Å². The van der Waals surface area contributed by atoms with Crippen molar-refractivity contribution in [1.29, 1.82) is 0 Å². The Hall–Kier alpha value is -1.85. The Morgan fingerprint density at radius 3 is 2.74 bits per heavy atom. The van der Waals surface area contributed by atoms with Gasteiger partial charge in [0.15, 0.2) is 0 Å². The Morgan fingerprint density at radius 1 is 1.30 bits per heavy atom. The molecule has 6 heteroatoms. The van der Waals surface area contributed by atoms with E-state index in [-0.39, 0.29) is 17.7 Å². The van der Waals surface area contributed by atoms with Gasteiger partial charge in [-0.1, -0.05) is 19.3 Å². The summed E-state index contributed by atoms with van der Waals surface area (Å²) in [6.45, 7) is 1.01. The van der Waals surface area contributed by atoms with Crippen molar-refractivity contribution in [3.8, 4) is 0 Å². The summed E-state index contributed by atoms with van der Waals surface area (Å²) in [6.07, 6.45) is 8.65. The number of hydrogen-bond acceptors (Lipinski definition) is 3. The maximum Gasteiger partial charge on any atom is 0.230 e. The van der Waals surface area contributed by atoms with Crippen LogP contribution in [0, 0.1) is 5.92 Å². The molecule has 1 aliphatic heterocycles. The minimum Gasteiger partial charge on any atom is -0.359 e. The molecule has 1 saturated carbocycles. The Labute approximate surface area is 137 Å². The van der Waals surface area contributed by atoms with Crippen molar-refractivity contribution in [2.75, 3.05) is 13.6 Å². The number of nitrogens with one attached hydrogen (secondary N) is 1. The van der Waals surface area contributed by atoms with Crippen LogP contribution in [0.1, 0.15) is 55.7 Å². The molecule has 23 heavy (non-hydrogen) atoms. The van der Waals surface area contributed by atoms with Gasteiger partial charge >= 0.3 is 0 Å². The molecule has 0 spiro atoms. The SMILES string of the molecule is CNC(=O)C1CN(C(=O)CC2CCCCC2)Cc2cn(C)nc21. The summed E-state index contributed by atoms with van der Waals surface area (Å²) < 4.78 is 1.73. The summed E-state index contributed by atoms with van der Waals surface area (Å²) in [5.74, 6) is 0.269. The Balaban J connectivity index is 1.73. The van der Waals surface area contributed by atoms with Crippen LogP contribution >= 0.6 is 0 Å². The molecule has 1 aliphatic carbocycles. The zero-order chi connectivity index (χ0) is 16.4. The number of fused-ring (bicyclic) bond motifs is 1. The highest BCUT2D eigenvalue weighted by Crippen LogP contribution is 2.30. The quantitative estimate of drug-likeness (QED) is 0.920. The minimum atomic E-state index is -0.361. The van der Waals surface area contributed by atoms with Gasteiger partial charge in [-0.3, -0.25) is 14.3 Å². The molecule has 126 valence electrons. The maximum absolute atomic E-state index is 12.7. The lowest BCUT2D eigenvalue weighted by atomic mass is 9.86. The molecule has 1 aromatic heterocycles. The molecule has 1 unspecified atom stereocenters. The van der Waals surface area contributed by atoms with Crippen molar-refractivity contribution in [3.63, 3.8) is 0 Å². The number of aryl methyl sites for hydroxylation is 1. The van der Waals surface area contributed by atoms with Crippen molar-refractivity contribution in [2.24, 2.45) is 13.0 Å². The number of likely N-dealkylation sites (N-methyl/N-ethyl adjacent to an activating group) is 1. The van der Waals surface area contributed by atoms with E-state index in [0.717, 1.165) is 24.1 Å². The van der Waals surface area contributed by atoms with Gasteiger partial charge in [0, 0.05) is 45.4 Å². The second kappa shape index (κ2) is 6.72. The van der Waals surface area contributed by atoms with Crippen LogP contribution in [0.2, 0.25) is 0 Å². The Morgan fingerprint density at radius 2 is 2.04 bits per heavy atom. The van der Waals surface area contributed by atoms with Gasteiger partial charge in [0.1, 0.15) is 0 Å². The van der Waals surface area contributed by atoms with Crippen molar-refractivity contribution in [3.05, 3.63) is 17.5 Å². The smallest absolute Gasteiger partial charge is 0.230 e. The summed E-state index contributed by atoms with van der Waals surface area (Å²) >= 11 is 0. The highest BCUT2D eigenvalue weighted by Gasteiger charge is 2.35. The number of hydrogen-bond donors (Lipinski definition) is 1. The zero-order valence-corrected chi connectivity index (χ0v) is 14.0. The first-order chi connectivity index (χ1) is 11.1. The van der Waals surface area contributed by atoms with Gasteiger partial charge in [0.05, 0.1) is 11.6 Å². The predicted octanol–water partition coefficient (Wildman–Crippen LogP) is 1.56. The summed E-state index contributed by atoms with van der Waals surface area (Å²) in [5, 5.41) is 7.13. The number of nitrogens with zero attached hydrogens (tertiary/aromatic N) is 3. The van der Waals surface area contributed by atoms with Crippen molar-refractivity contribution in [2.45, 2.75) is 51.0 Å². The topological polar surface area (TPSA) is 67.2 Å². The van der Waals surface area contributed by atoms with Gasteiger partial charge in [-0.15, -0.1) is 0 Å². The van der Waals surface area contributed by atoms with E-state index in [1.54, 1.807) is 11.7 Å². The van der Waals surface area contributed by atoms with E-state index in [0.29, 0.717) is 25.4 Å². The average molecular weight is 318 g/mol. The van der Waals surface area contributed by atoms with Gasteiger partial charge in [0.2, 0.25) is 11.8 Å². The first-order valence-corrected chi connectivity index (χ1v) is 8.60. The molecule has 3 rings (SSSR count). The highest BCUT2D eigenvalue weighted by atomic mass is 16.2. The Kier molecular flexibility index (Phi) is 4.68. The first-order valence-electron chi connectivity index (χ1n) is 8.60. The van der Waals surface area contributed by atoms with Crippen LogP contribution in [0.25, 0.3) is 0 Å². The summed E-state index contributed by atoms with van der Waals surface area (Å²) in [4.78, 5) is 26.8. The molecule has 1 N–H and O–H groups in total. The molecular formula is C17H26N4O2. The molecule has 0 aromatic carbocycles. The molecular weight excluding hydrogens is 292 g/mol. The number of rotatable bonds is 3. The van der Waals surface area contributed by atoms with Crippen LogP contribution in [-0.2, 0) is 23.2 Å². The molecule has 0 radical (unpaired) electrons. The van der Waals surface area contributed by atoms with E-state index in [1.165, 1.54) is 19.3 Å². The molecule has 1 aromatic rings. The van der Waals surface area contributed by atoms with Crippen LogP contribution in [0.5, 0.6) is 0 Å². The molecule has 2 amide bonds. The number of carbonyl (C=O) groups excluding carboxylic acids is 2. The van der Waals surface area contributed by atoms with Gasteiger partial charge in [0.25, 0.3) is 0 Å². The van der Waals surface area contributed by atoms with Gasteiger partial charge in [-0.05, 0) is 18.8 Å². The third kappa shape index (κ3) is 3.41. The lowest BCUT2D eigenvalue weighted by Gasteiger charge is -2.32. The van der Waals surface area contributed by atoms with E-state index >= 15 is 0 Å². The third-order valence-electron chi connectivity index (χ3n) is 5.14. The summed E-state index contributed by atoms with van der Waals surface area (Å²) in [5.41, 5.74) is 1.80. The van der Waals surface area contributed by atoms with Gasteiger partial charge < -0.3 is 10.2 Å². The van der Waals surface area contributed by atoms with Crippen LogP contribution in [0.15, 0.2) is 6.20 Å². The molecule has 0 saturated heterocycles. The normalized spacial score (nSPS) is 21.8.